The van der Waals surface area contributed by atoms with Gasteiger partial charge in [0.15, 0.2) is 5.78 Å². The quantitative estimate of drug-likeness (QED) is 0.780. The number of ketones is 1. The van der Waals surface area contributed by atoms with Gasteiger partial charge in [0.05, 0.1) is 6.04 Å². The maximum Gasteiger partial charge on any atom is 0.255 e. The molecule has 3 heteroatoms. The maximum atomic E-state index is 12.6. The van der Waals surface area contributed by atoms with Crippen LogP contribution in [0.4, 0.5) is 0 Å². The van der Waals surface area contributed by atoms with Crippen LogP contribution in [-0.4, -0.2) is 22.6 Å². The van der Waals surface area contributed by atoms with E-state index in [0.717, 1.165) is 23.1 Å². The Hall–Kier alpha value is -1.90. The first-order valence-corrected chi connectivity index (χ1v) is 7.60. The number of rotatable bonds is 2. The third-order valence-electron chi connectivity index (χ3n) is 4.58. The van der Waals surface area contributed by atoms with Crippen LogP contribution in [0.15, 0.2) is 30.4 Å². The molecule has 0 bridgehead atoms. The van der Waals surface area contributed by atoms with E-state index in [1.165, 1.54) is 5.56 Å². The molecule has 1 aromatic rings. The van der Waals surface area contributed by atoms with Gasteiger partial charge in [0, 0.05) is 18.5 Å². The predicted molar refractivity (Wildman–Crippen MR) is 82.2 cm³/mol. The van der Waals surface area contributed by atoms with Gasteiger partial charge in [-0.3, -0.25) is 9.59 Å². The molecule has 1 heterocycles. The fourth-order valence-corrected chi connectivity index (χ4v) is 3.24. The van der Waals surface area contributed by atoms with Gasteiger partial charge in [0.2, 0.25) is 0 Å². The van der Waals surface area contributed by atoms with Crippen LogP contribution in [0, 0.1) is 0 Å². The Kier molecular flexibility index (Phi) is 3.44. The Morgan fingerprint density at radius 2 is 2.05 bits per heavy atom. The molecule has 1 aliphatic carbocycles. The number of fused-ring (bicyclic) bond motifs is 1. The molecule has 1 amide bonds. The standard InChI is InChI=1S/C18H21NO2/c1-11(2)13-5-6-14-10-19(18(21)15(14)9-13)16-7-4-12(3)8-17(16)20/h5-6,9,11,16H,3-4,7-8,10H2,1-2H3. The summed E-state index contributed by atoms with van der Waals surface area (Å²) in [6.45, 7) is 8.70. The Bertz CT molecular complexity index is 630. The topological polar surface area (TPSA) is 37.4 Å². The summed E-state index contributed by atoms with van der Waals surface area (Å²) >= 11 is 0. The number of carbonyl (C=O) groups is 2. The molecule has 1 unspecified atom stereocenters. The number of allylic oxidation sites excluding steroid dienone is 1. The summed E-state index contributed by atoms with van der Waals surface area (Å²) in [6.07, 6.45) is 1.98. The molecule has 110 valence electrons. The minimum absolute atomic E-state index is 0.0124. The predicted octanol–water partition coefficient (Wildman–Crippen LogP) is 3.44. The first-order valence-electron chi connectivity index (χ1n) is 7.60. The molecule has 1 saturated carbocycles. The van der Waals surface area contributed by atoms with Crippen LogP contribution in [0.25, 0.3) is 0 Å². The molecule has 0 saturated heterocycles. The number of Topliss-reactive ketones (excluding diaryl/α,β-unsaturated/α-hetero) is 1. The van der Waals surface area contributed by atoms with Crippen molar-refractivity contribution >= 4 is 11.7 Å². The van der Waals surface area contributed by atoms with E-state index < -0.39 is 0 Å². The van der Waals surface area contributed by atoms with E-state index in [4.69, 9.17) is 0 Å². The first-order chi connectivity index (χ1) is 9.97. The van der Waals surface area contributed by atoms with Crippen molar-refractivity contribution in [2.45, 2.75) is 51.6 Å². The van der Waals surface area contributed by atoms with E-state index in [1.54, 1.807) is 4.90 Å². The summed E-state index contributed by atoms with van der Waals surface area (Å²) in [6, 6.07) is 5.85. The normalized spacial score (nSPS) is 22.1. The van der Waals surface area contributed by atoms with Gasteiger partial charge in [-0.25, -0.2) is 0 Å². The molecule has 0 spiro atoms. The highest BCUT2D eigenvalue weighted by molar-refractivity contribution is 6.02. The number of benzene rings is 1. The number of hydrogen-bond donors (Lipinski definition) is 0. The summed E-state index contributed by atoms with van der Waals surface area (Å²) in [7, 11) is 0. The molecule has 1 aliphatic heterocycles. The molecule has 1 fully saturated rings. The average Bonchev–Trinajstić information content (AvgIpc) is 2.75. The Morgan fingerprint density at radius 1 is 1.29 bits per heavy atom. The van der Waals surface area contributed by atoms with E-state index >= 15 is 0 Å². The van der Waals surface area contributed by atoms with Crippen LogP contribution >= 0.6 is 0 Å². The van der Waals surface area contributed by atoms with Crippen molar-refractivity contribution in [3.05, 3.63) is 47.0 Å². The van der Waals surface area contributed by atoms with Gasteiger partial charge >= 0.3 is 0 Å². The van der Waals surface area contributed by atoms with E-state index in [1.807, 2.05) is 12.1 Å². The molecule has 0 N–H and O–H groups in total. The highest BCUT2D eigenvalue weighted by Crippen LogP contribution is 2.32. The lowest BCUT2D eigenvalue weighted by Gasteiger charge is -2.30. The van der Waals surface area contributed by atoms with Crippen molar-refractivity contribution in [1.82, 2.24) is 4.90 Å². The fourth-order valence-electron chi connectivity index (χ4n) is 3.24. The zero-order valence-electron chi connectivity index (χ0n) is 12.7. The van der Waals surface area contributed by atoms with Gasteiger partial charge in [-0.1, -0.05) is 38.1 Å². The highest BCUT2D eigenvalue weighted by atomic mass is 16.2. The third-order valence-corrected chi connectivity index (χ3v) is 4.58. The average molecular weight is 283 g/mol. The summed E-state index contributed by atoms with van der Waals surface area (Å²) in [5.41, 5.74) is 3.98. The smallest absolute Gasteiger partial charge is 0.255 e. The first kappa shape index (κ1) is 14.1. The van der Waals surface area contributed by atoms with Gasteiger partial charge in [0.25, 0.3) is 5.91 Å². The molecule has 2 aliphatic rings. The van der Waals surface area contributed by atoms with E-state index in [2.05, 4.69) is 26.5 Å². The number of hydrogen-bond acceptors (Lipinski definition) is 2. The largest absolute Gasteiger partial charge is 0.324 e. The van der Waals surface area contributed by atoms with Crippen molar-refractivity contribution < 1.29 is 9.59 Å². The minimum Gasteiger partial charge on any atom is -0.324 e. The Balaban J connectivity index is 1.87. The van der Waals surface area contributed by atoms with Crippen molar-refractivity contribution in [2.75, 3.05) is 0 Å². The summed E-state index contributed by atoms with van der Waals surface area (Å²) in [5, 5.41) is 0. The molecule has 1 aromatic carbocycles. The van der Waals surface area contributed by atoms with Crippen LogP contribution in [0.5, 0.6) is 0 Å². The molecular formula is C18H21NO2. The summed E-state index contributed by atoms with van der Waals surface area (Å²) in [4.78, 5) is 26.6. The molecule has 0 radical (unpaired) electrons. The molecular weight excluding hydrogens is 262 g/mol. The molecule has 0 aromatic heterocycles. The van der Waals surface area contributed by atoms with E-state index in [9.17, 15) is 9.59 Å². The highest BCUT2D eigenvalue weighted by Gasteiger charge is 2.37. The lowest BCUT2D eigenvalue weighted by Crippen LogP contribution is -2.43. The summed E-state index contributed by atoms with van der Waals surface area (Å²) < 4.78 is 0. The second kappa shape index (κ2) is 5.14. The molecule has 1 atom stereocenters. The van der Waals surface area contributed by atoms with Gasteiger partial charge in [0.1, 0.15) is 0 Å². The lowest BCUT2D eigenvalue weighted by molar-refractivity contribution is -0.124. The van der Waals surface area contributed by atoms with Gasteiger partial charge in [-0.05, 0) is 36.0 Å². The summed E-state index contributed by atoms with van der Waals surface area (Å²) in [5.74, 6) is 0.548. The third kappa shape index (κ3) is 2.41. The van der Waals surface area contributed by atoms with Crippen molar-refractivity contribution in [2.24, 2.45) is 0 Å². The number of amides is 1. The van der Waals surface area contributed by atoms with Gasteiger partial charge < -0.3 is 4.90 Å². The van der Waals surface area contributed by atoms with Crippen molar-refractivity contribution in [3.8, 4) is 0 Å². The Labute approximate surface area is 125 Å². The second-order valence-electron chi connectivity index (χ2n) is 6.45. The van der Waals surface area contributed by atoms with Crippen molar-refractivity contribution in [3.63, 3.8) is 0 Å². The Morgan fingerprint density at radius 3 is 2.71 bits per heavy atom. The van der Waals surface area contributed by atoms with Crippen LogP contribution < -0.4 is 0 Å². The van der Waals surface area contributed by atoms with E-state index in [-0.39, 0.29) is 17.7 Å². The van der Waals surface area contributed by atoms with Crippen LogP contribution in [0.3, 0.4) is 0 Å². The fraction of sp³-hybridized carbons (Fsp3) is 0.444. The van der Waals surface area contributed by atoms with Gasteiger partial charge in [-0.2, -0.15) is 0 Å². The zero-order chi connectivity index (χ0) is 15.1. The number of carbonyl (C=O) groups excluding carboxylic acids is 2. The van der Waals surface area contributed by atoms with Crippen molar-refractivity contribution in [1.29, 1.82) is 0 Å². The minimum atomic E-state index is -0.266. The second-order valence-corrected chi connectivity index (χ2v) is 6.45. The number of nitrogens with zero attached hydrogens (tertiary/aromatic N) is 1. The van der Waals surface area contributed by atoms with Crippen LogP contribution in [0.2, 0.25) is 0 Å². The lowest BCUT2D eigenvalue weighted by atomic mass is 9.89. The molecule has 3 rings (SSSR count). The maximum absolute atomic E-state index is 12.6. The van der Waals surface area contributed by atoms with Crippen LogP contribution in [-0.2, 0) is 11.3 Å². The molecule has 3 nitrogen and oxygen atoms in total. The van der Waals surface area contributed by atoms with Gasteiger partial charge in [-0.15, -0.1) is 0 Å². The van der Waals surface area contributed by atoms with Crippen LogP contribution in [0.1, 0.15) is 60.5 Å². The SMILES string of the molecule is C=C1CCC(N2Cc3ccc(C(C)C)cc3C2=O)C(=O)C1. The zero-order valence-corrected chi connectivity index (χ0v) is 12.7. The van der Waals surface area contributed by atoms with E-state index in [0.29, 0.717) is 25.3 Å². The molecule has 21 heavy (non-hydrogen) atoms. The monoisotopic (exact) mass is 283 g/mol.